The molecule has 0 bridgehead atoms. The normalized spacial score (nSPS) is 20.5. The van der Waals surface area contributed by atoms with Gasteiger partial charge in [-0.05, 0) is 56.4 Å². The van der Waals surface area contributed by atoms with Crippen molar-refractivity contribution in [1.29, 1.82) is 0 Å². The van der Waals surface area contributed by atoms with Crippen molar-refractivity contribution in [3.63, 3.8) is 0 Å². The van der Waals surface area contributed by atoms with Crippen molar-refractivity contribution in [3.05, 3.63) is 16.3 Å². The van der Waals surface area contributed by atoms with Crippen molar-refractivity contribution in [3.8, 4) is 0 Å². The molecule has 0 aliphatic heterocycles. The maximum atomic E-state index is 12.4. The van der Waals surface area contributed by atoms with Crippen LogP contribution >= 0.6 is 23.1 Å². The Labute approximate surface area is 175 Å². The summed E-state index contributed by atoms with van der Waals surface area (Å²) >= 11 is 3.37. The van der Waals surface area contributed by atoms with Gasteiger partial charge in [0.25, 0.3) is 0 Å². The van der Waals surface area contributed by atoms with Crippen molar-refractivity contribution in [2.75, 3.05) is 5.75 Å². The maximum Gasteiger partial charge on any atom is 0.316 e. The van der Waals surface area contributed by atoms with Gasteiger partial charge in [-0.1, -0.05) is 39.0 Å². The number of ether oxygens (including phenoxy) is 1. The number of esters is 1. The summed E-state index contributed by atoms with van der Waals surface area (Å²) in [7, 11) is 0. The fourth-order valence-electron chi connectivity index (χ4n) is 4.22. The summed E-state index contributed by atoms with van der Waals surface area (Å²) < 4.78 is 5.71. The number of aromatic nitrogens is 2. The minimum Gasteiger partial charge on any atom is -0.462 e. The number of carbonyl (C=O) groups excluding carboxylic acids is 1. The Balaban J connectivity index is 1.56. The molecule has 1 saturated carbocycles. The van der Waals surface area contributed by atoms with Crippen LogP contribution in [0.4, 0.5) is 0 Å². The molecule has 4 nitrogen and oxygen atoms in total. The molecule has 2 heterocycles. The SMILES string of the molecule is CC(C)c1nc(SCC(=O)OC2CCCCC2)c2c3c(sc2n1)C[C@H](C)CC3. The first-order valence-corrected chi connectivity index (χ1v) is 12.5. The Morgan fingerprint density at radius 1 is 1.21 bits per heavy atom. The number of thiophene rings is 1. The summed E-state index contributed by atoms with van der Waals surface area (Å²) in [6.45, 7) is 6.58. The molecule has 6 heteroatoms. The first-order valence-electron chi connectivity index (χ1n) is 10.7. The van der Waals surface area contributed by atoms with Gasteiger partial charge in [0.15, 0.2) is 0 Å². The van der Waals surface area contributed by atoms with E-state index in [1.165, 1.54) is 53.3 Å². The van der Waals surface area contributed by atoms with Gasteiger partial charge in [0, 0.05) is 16.2 Å². The fourth-order valence-corrected chi connectivity index (χ4v) is 6.52. The second kappa shape index (κ2) is 8.70. The molecule has 0 unspecified atom stereocenters. The van der Waals surface area contributed by atoms with Crippen LogP contribution in [-0.2, 0) is 22.4 Å². The molecule has 1 fully saturated rings. The Morgan fingerprint density at radius 2 is 2.00 bits per heavy atom. The third kappa shape index (κ3) is 4.38. The molecule has 1 atom stereocenters. The van der Waals surface area contributed by atoms with E-state index in [4.69, 9.17) is 14.7 Å². The summed E-state index contributed by atoms with van der Waals surface area (Å²) in [4.78, 5) is 24.7. The highest BCUT2D eigenvalue weighted by Crippen LogP contribution is 2.41. The summed E-state index contributed by atoms with van der Waals surface area (Å²) in [6.07, 6.45) is 9.23. The molecule has 152 valence electrons. The minimum absolute atomic E-state index is 0.104. The maximum absolute atomic E-state index is 12.4. The van der Waals surface area contributed by atoms with E-state index in [1.54, 1.807) is 0 Å². The lowest BCUT2D eigenvalue weighted by atomic mass is 9.89. The standard InChI is InChI=1S/C22H30N2O2S2/c1-13(2)20-23-21(27-12-18(25)26-15-7-5-4-6-8-15)19-16-10-9-14(3)11-17(16)28-22(19)24-20/h13-15H,4-12H2,1-3H3/t14-/m1/s1. The van der Waals surface area contributed by atoms with Crippen molar-refractivity contribution >= 4 is 39.3 Å². The van der Waals surface area contributed by atoms with E-state index in [0.717, 1.165) is 47.3 Å². The van der Waals surface area contributed by atoms with Gasteiger partial charge in [-0.2, -0.15) is 0 Å². The van der Waals surface area contributed by atoms with Gasteiger partial charge in [0.1, 0.15) is 21.8 Å². The van der Waals surface area contributed by atoms with Crippen LogP contribution in [0.1, 0.15) is 81.5 Å². The Bertz CT molecular complexity index is 856. The van der Waals surface area contributed by atoms with Crippen molar-refractivity contribution in [2.24, 2.45) is 5.92 Å². The van der Waals surface area contributed by atoms with Crippen LogP contribution in [0.15, 0.2) is 5.03 Å². The highest BCUT2D eigenvalue weighted by Gasteiger charge is 2.25. The van der Waals surface area contributed by atoms with Crippen LogP contribution < -0.4 is 0 Å². The van der Waals surface area contributed by atoms with E-state index in [9.17, 15) is 4.79 Å². The summed E-state index contributed by atoms with van der Waals surface area (Å²) in [5.74, 6) is 2.12. The molecule has 0 spiro atoms. The van der Waals surface area contributed by atoms with E-state index in [2.05, 4.69) is 20.8 Å². The highest BCUT2D eigenvalue weighted by atomic mass is 32.2. The first kappa shape index (κ1) is 20.1. The van der Waals surface area contributed by atoms with Crippen LogP contribution in [0.5, 0.6) is 0 Å². The average Bonchev–Trinajstić information content (AvgIpc) is 3.04. The van der Waals surface area contributed by atoms with Crippen LogP contribution in [0.3, 0.4) is 0 Å². The van der Waals surface area contributed by atoms with Crippen molar-refractivity contribution in [2.45, 2.75) is 89.2 Å². The van der Waals surface area contributed by atoms with Gasteiger partial charge in [0.05, 0.1) is 5.75 Å². The lowest BCUT2D eigenvalue weighted by Gasteiger charge is -2.21. The van der Waals surface area contributed by atoms with Crippen molar-refractivity contribution < 1.29 is 9.53 Å². The molecule has 4 rings (SSSR count). The molecule has 0 radical (unpaired) electrons. The molecule has 2 aliphatic rings. The quantitative estimate of drug-likeness (QED) is 0.343. The third-order valence-corrected chi connectivity index (χ3v) is 7.93. The second-order valence-electron chi connectivity index (χ2n) is 8.61. The molecule has 28 heavy (non-hydrogen) atoms. The molecular weight excluding hydrogens is 388 g/mol. The molecular formula is C22H30N2O2S2. The van der Waals surface area contributed by atoms with Gasteiger partial charge in [0.2, 0.25) is 0 Å². The van der Waals surface area contributed by atoms with E-state index in [1.807, 2.05) is 11.3 Å². The Hall–Kier alpha value is -1.14. The molecule has 0 N–H and O–H groups in total. The third-order valence-electron chi connectivity index (χ3n) is 5.83. The molecule has 0 aromatic carbocycles. The fraction of sp³-hybridized carbons (Fsp3) is 0.682. The van der Waals surface area contributed by atoms with Gasteiger partial charge >= 0.3 is 5.97 Å². The van der Waals surface area contributed by atoms with Gasteiger partial charge < -0.3 is 4.74 Å². The Kier molecular flexibility index (Phi) is 6.26. The number of rotatable bonds is 5. The summed E-state index contributed by atoms with van der Waals surface area (Å²) in [5, 5.41) is 2.17. The smallest absolute Gasteiger partial charge is 0.316 e. The number of fused-ring (bicyclic) bond motifs is 3. The number of carbonyl (C=O) groups is 1. The first-order chi connectivity index (χ1) is 13.5. The number of thioether (sulfide) groups is 1. The molecule has 2 aromatic rings. The van der Waals surface area contributed by atoms with E-state index in [0.29, 0.717) is 5.75 Å². The Morgan fingerprint density at radius 3 is 2.75 bits per heavy atom. The summed E-state index contributed by atoms with van der Waals surface area (Å²) in [5.41, 5.74) is 1.43. The number of hydrogen-bond donors (Lipinski definition) is 0. The van der Waals surface area contributed by atoms with Crippen LogP contribution in [0.2, 0.25) is 0 Å². The average molecular weight is 419 g/mol. The van der Waals surface area contributed by atoms with Gasteiger partial charge in [-0.15, -0.1) is 11.3 Å². The molecule has 0 saturated heterocycles. The predicted octanol–water partition coefficient (Wildman–Crippen LogP) is 5.91. The van der Waals surface area contributed by atoms with E-state index in [-0.39, 0.29) is 18.0 Å². The second-order valence-corrected chi connectivity index (χ2v) is 10.7. The van der Waals surface area contributed by atoms with Crippen molar-refractivity contribution in [1.82, 2.24) is 9.97 Å². The van der Waals surface area contributed by atoms with Crippen LogP contribution in [0.25, 0.3) is 10.2 Å². The number of nitrogens with zero attached hydrogens (tertiary/aromatic N) is 2. The predicted molar refractivity (Wildman–Crippen MR) is 116 cm³/mol. The lowest BCUT2D eigenvalue weighted by Crippen LogP contribution is -2.22. The minimum atomic E-state index is -0.104. The number of aryl methyl sites for hydroxylation is 1. The monoisotopic (exact) mass is 418 g/mol. The zero-order valence-electron chi connectivity index (χ0n) is 17.1. The lowest BCUT2D eigenvalue weighted by molar-refractivity contribution is -0.147. The van der Waals surface area contributed by atoms with Crippen LogP contribution in [-0.4, -0.2) is 27.8 Å². The van der Waals surface area contributed by atoms with E-state index < -0.39 is 0 Å². The molecule has 2 aromatic heterocycles. The number of hydrogen-bond acceptors (Lipinski definition) is 6. The molecule has 0 amide bonds. The van der Waals surface area contributed by atoms with E-state index >= 15 is 0 Å². The summed E-state index contributed by atoms with van der Waals surface area (Å²) in [6, 6.07) is 0. The van der Waals surface area contributed by atoms with Gasteiger partial charge in [-0.25, -0.2) is 9.97 Å². The molecule has 2 aliphatic carbocycles. The largest absolute Gasteiger partial charge is 0.462 e. The van der Waals surface area contributed by atoms with Crippen LogP contribution in [0, 0.1) is 5.92 Å². The van der Waals surface area contributed by atoms with Gasteiger partial charge in [-0.3, -0.25) is 4.79 Å². The zero-order chi connectivity index (χ0) is 19.7. The topological polar surface area (TPSA) is 52.1 Å². The highest BCUT2D eigenvalue weighted by molar-refractivity contribution is 8.00. The zero-order valence-corrected chi connectivity index (χ0v) is 18.8.